The Morgan fingerprint density at radius 2 is 1.72 bits per heavy atom. The molecule has 0 unspecified atom stereocenters. The van der Waals surface area contributed by atoms with Crippen molar-refractivity contribution in [3.63, 3.8) is 0 Å². The molecule has 0 spiro atoms. The van der Waals surface area contributed by atoms with Gasteiger partial charge in [-0.25, -0.2) is 4.39 Å². The standard InChI is InChI=1S/C15H23FO2/c1-2-3-4-7-10-15(11-17,12-18)13-8-5-6-9-14(13)16/h5-6,8-9,17-18H,2-4,7,10-12H2,1H3. The van der Waals surface area contributed by atoms with Crippen molar-refractivity contribution in [1.82, 2.24) is 0 Å². The second kappa shape index (κ2) is 7.49. The third kappa shape index (κ3) is 3.53. The summed E-state index contributed by atoms with van der Waals surface area (Å²) >= 11 is 0. The fourth-order valence-corrected chi connectivity index (χ4v) is 2.29. The Bertz CT molecular complexity index is 348. The van der Waals surface area contributed by atoms with E-state index >= 15 is 0 Å². The Morgan fingerprint density at radius 1 is 1.06 bits per heavy atom. The molecule has 0 aliphatic heterocycles. The summed E-state index contributed by atoms with van der Waals surface area (Å²) in [5.41, 5.74) is -0.425. The van der Waals surface area contributed by atoms with E-state index in [1.54, 1.807) is 18.2 Å². The van der Waals surface area contributed by atoms with Gasteiger partial charge >= 0.3 is 0 Å². The van der Waals surface area contributed by atoms with E-state index in [4.69, 9.17) is 0 Å². The molecule has 2 nitrogen and oxygen atoms in total. The molecule has 0 amide bonds. The van der Waals surface area contributed by atoms with E-state index in [0.717, 1.165) is 25.7 Å². The van der Waals surface area contributed by atoms with E-state index in [0.29, 0.717) is 12.0 Å². The molecule has 18 heavy (non-hydrogen) atoms. The topological polar surface area (TPSA) is 40.5 Å². The van der Waals surface area contributed by atoms with E-state index in [2.05, 4.69) is 6.92 Å². The molecule has 0 saturated carbocycles. The Hall–Kier alpha value is -0.930. The van der Waals surface area contributed by atoms with Gasteiger partial charge in [-0.1, -0.05) is 50.8 Å². The molecule has 0 heterocycles. The lowest BCUT2D eigenvalue weighted by atomic mass is 9.77. The van der Waals surface area contributed by atoms with Crippen LogP contribution in [-0.4, -0.2) is 23.4 Å². The highest BCUT2D eigenvalue weighted by atomic mass is 19.1. The van der Waals surface area contributed by atoms with Gasteiger partial charge in [0.2, 0.25) is 0 Å². The number of hydrogen-bond donors (Lipinski definition) is 2. The molecular formula is C15H23FO2. The van der Waals surface area contributed by atoms with Gasteiger partial charge in [0, 0.05) is 5.41 Å². The van der Waals surface area contributed by atoms with Gasteiger partial charge < -0.3 is 10.2 Å². The minimum Gasteiger partial charge on any atom is -0.395 e. The van der Waals surface area contributed by atoms with Crippen LogP contribution in [0.25, 0.3) is 0 Å². The Morgan fingerprint density at radius 3 is 2.28 bits per heavy atom. The Labute approximate surface area is 108 Å². The molecule has 1 rings (SSSR count). The zero-order chi connectivity index (χ0) is 13.4. The number of aliphatic hydroxyl groups is 2. The van der Waals surface area contributed by atoms with Crippen LogP contribution in [0.2, 0.25) is 0 Å². The zero-order valence-electron chi connectivity index (χ0n) is 11.0. The normalized spacial score (nSPS) is 11.8. The average Bonchev–Trinajstić information content (AvgIpc) is 2.41. The second-order valence-electron chi connectivity index (χ2n) is 4.89. The molecule has 1 aromatic rings. The van der Waals surface area contributed by atoms with Gasteiger partial charge in [0.25, 0.3) is 0 Å². The number of halogens is 1. The molecule has 0 saturated heterocycles. The van der Waals surface area contributed by atoms with Crippen molar-refractivity contribution in [2.45, 2.75) is 44.4 Å². The average molecular weight is 254 g/mol. The smallest absolute Gasteiger partial charge is 0.127 e. The van der Waals surface area contributed by atoms with E-state index in [1.807, 2.05) is 0 Å². The first-order valence-electron chi connectivity index (χ1n) is 6.67. The van der Waals surface area contributed by atoms with Gasteiger partial charge in [-0.2, -0.15) is 0 Å². The SMILES string of the molecule is CCCCCCC(CO)(CO)c1ccccc1F. The quantitative estimate of drug-likeness (QED) is 0.700. The van der Waals surface area contributed by atoms with Crippen molar-refractivity contribution in [3.8, 4) is 0 Å². The Balaban J connectivity index is 2.83. The highest BCUT2D eigenvalue weighted by molar-refractivity contribution is 5.27. The lowest BCUT2D eigenvalue weighted by Crippen LogP contribution is -2.35. The van der Waals surface area contributed by atoms with Crippen molar-refractivity contribution < 1.29 is 14.6 Å². The second-order valence-corrected chi connectivity index (χ2v) is 4.89. The van der Waals surface area contributed by atoms with E-state index < -0.39 is 5.41 Å². The summed E-state index contributed by atoms with van der Waals surface area (Å²) in [7, 11) is 0. The van der Waals surface area contributed by atoms with Crippen molar-refractivity contribution in [2.24, 2.45) is 0 Å². The predicted molar refractivity (Wildman–Crippen MR) is 71.0 cm³/mol. The van der Waals surface area contributed by atoms with Gasteiger partial charge in [0.1, 0.15) is 5.82 Å². The minimum atomic E-state index is -0.848. The first-order chi connectivity index (χ1) is 8.70. The van der Waals surface area contributed by atoms with Gasteiger partial charge in [0.05, 0.1) is 13.2 Å². The highest BCUT2D eigenvalue weighted by Crippen LogP contribution is 2.31. The maximum atomic E-state index is 13.8. The maximum Gasteiger partial charge on any atom is 0.127 e. The van der Waals surface area contributed by atoms with Crippen LogP contribution in [0.3, 0.4) is 0 Å². The molecule has 0 fully saturated rings. The van der Waals surface area contributed by atoms with E-state index in [9.17, 15) is 14.6 Å². The molecule has 0 radical (unpaired) electrons. The number of hydrogen-bond acceptors (Lipinski definition) is 2. The van der Waals surface area contributed by atoms with Crippen molar-refractivity contribution >= 4 is 0 Å². The molecule has 2 N–H and O–H groups in total. The van der Waals surface area contributed by atoms with Crippen LogP contribution in [0.1, 0.15) is 44.6 Å². The maximum absolute atomic E-state index is 13.8. The van der Waals surface area contributed by atoms with Gasteiger partial charge in [-0.05, 0) is 18.1 Å². The summed E-state index contributed by atoms with van der Waals surface area (Å²) in [4.78, 5) is 0. The molecule has 3 heteroatoms. The van der Waals surface area contributed by atoms with E-state index in [-0.39, 0.29) is 19.0 Å². The third-order valence-electron chi connectivity index (χ3n) is 3.56. The summed E-state index contributed by atoms with van der Waals surface area (Å²) in [6.45, 7) is 1.68. The van der Waals surface area contributed by atoms with Crippen molar-refractivity contribution in [3.05, 3.63) is 35.6 Å². The molecule has 0 atom stereocenters. The largest absolute Gasteiger partial charge is 0.395 e. The molecule has 102 valence electrons. The monoisotopic (exact) mass is 254 g/mol. The van der Waals surface area contributed by atoms with Gasteiger partial charge in [0.15, 0.2) is 0 Å². The molecule has 0 aliphatic rings. The van der Waals surface area contributed by atoms with E-state index in [1.165, 1.54) is 6.07 Å². The molecular weight excluding hydrogens is 231 g/mol. The molecule has 1 aromatic carbocycles. The summed E-state index contributed by atoms with van der Waals surface area (Å²) in [5.74, 6) is -0.351. The molecule has 0 bridgehead atoms. The lowest BCUT2D eigenvalue weighted by Gasteiger charge is -2.30. The van der Waals surface area contributed by atoms with Crippen LogP contribution in [0.4, 0.5) is 4.39 Å². The van der Waals surface area contributed by atoms with Crippen LogP contribution >= 0.6 is 0 Å². The highest BCUT2D eigenvalue weighted by Gasteiger charge is 2.32. The minimum absolute atomic E-state index is 0.226. The first kappa shape index (κ1) is 15.1. The number of benzene rings is 1. The zero-order valence-corrected chi connectivity index (χ0v) is 11.0. The van der Waals surface area contributed by atoms with Gasteiger partial charge in [-0.3, -0.25) is 0 Å². The number of rotatable bonds is 8. The lowest BCUT2D eigenvalue weighted by molar-refractivity contribution is 0.104. The number of aliphatic hydroxyl groups excluding tert-OH is 2. The van der Waals surface area contributed by atoms with Crippen LogP contribution in [-0.2, 0) is 5.41 Å². The summed E-state index contributed by atoms with van der Waals surface area (Å²) in [6.07, 6.45) is 4.81. The van der Waals surface area contributed by atoms with Crippen LogP contribution < -0.4 is 0 Å². The van der Waals surface area contributed by atoms with Crippen LogP contribution in [0.5, 0.6) is 0 Å². The fraction of sp³-hybridized carbons (Fsp3) is 0.600. The van der Waals surface area contributed by atoms with Crippen molar-refractivity contribution in [1.29, 1.82) is 0 Å². The predicted octanol–water partition coefficient (Wildman–Crippen LogP) is 3.02. The number of unbranched alkanes of at least 4 members (excludes halogenated alkanes) is 3. The molecule has 0 aromatic heterocycles. The summed E-state index contributed by atoms with van der Waals surface area (Å²) in [6, 6.07) is 6.39. The summed E-state index contributed by atoms with van der Waals surface area (Å²) < 4.78 is 13.8. The van der Waals surface area contributed by atoms with Crippen LogP contribution in [0, 0.1) is 5.82 Å². The first-order valence-corrected chi connectivity index (χ1v) is 6.67. The molecule has 0 aliphatic carbocycles. The third-order valence-corrected chi connectivity index (χ3v) is 3.56. The fourth-order valence-electron chi connectivity index (χ4n) is 2.29. The van der Waals surface area contributed by atoms with Crippen molar-refractivity contribution in [2.75, 3.05) is 13.2 Å². The summed E-state index contributed by atoms with van der Waals surface area (Å²) in [5, 5.41) is 19.2. The Kier molecular flexibility index (Phi) is 6.30. The van der Waals surface area contributed by atoms with Crippen LogP contribution in [0.15, 0.2) is 24.3 Å². The van der Waals surface area contributed by atoms with Gasteiger partial charge in [-0.15, -0.1) is 0 Å².